The van der Waals surface area contributed by atoms with Crippen LogP contribution in [-0.4, -0.2) is 36.2 Å². The molecule has 5 heteroatoms. The van der Waals surface area contributed by atoms with Crippen LogP contribution in [0, 0.1) is 0 Å². The van der Waals surface area contributed by atoms with Gasteiger partial charge in [-0.1, -0.05) is 0 Å². The predicted octanol–water partition coefficient (Wildman–Crippen LogP) is 2.78. The van der Waals surface area contributed by atoms with Crippen LogP contribution >= 0.6 is 11.8 Å². The maximum absolute atomic E-state index is 11.9. The van der Waals surface area contributed by atoms with E-state index in [-0.39, 0.29) is 10.7 Å². The molecule has 20 heavy (non-hydrogen) atoms. The average molecular weight is 294 g/mol. The molecule has 110 valence electrons. The first kappa shape index (κ1) is 15.0. The molecule has 0 aromatic heterocycles. The molecule has 1 saturated heterocycles. The van der Waals surface area contributed by atoms with Gasteiger partial charge in [0.1, 0.15) is 0 Å². The van der Waals surface area contributed by atoms with Crippen molar-refractivity contribution in [3.05, 3.63) is 23.8 Å². The number of rotatable bonds is 3. The summed E-state index contributed by atoms with van der Waals surface area (Å²) >= 11 is 1.98. The highest BCUT2D eigenvalue weighted by atomic mass is 32.2. The largest absolute Gasteiger partial charge is 0.462 e. The number of nitrogens with zero attached hydrogens (tertiary/aromatic N) is 1. The highest BCUT2D eigenvalue weighted by Crippen LogP contribution is 2.33. The van der Waals surface area contributed by atoms with E-state index in [2.05, 4.69) is 18.7 Å². The zero-order valence-corrected chi connectivity index (χ0v) is 13.1. The summed E-state index contributed by atoms with van der Waals surface area (Å²) in [5.74, 6) is 0.740. The molecule has 1 aromatic carbocycles. The normalized spacial score (nSPS) is 17.9. The van der Waals surface area contributed by atoms with Crippen LogP contribution in [0.2, 0.25) is 0 Å². The summed E-state index contributed by atoms with van der Waals surface area (Å²) in [7, 11) is 0. The molecular formula is C15H22N2O2S. The molecule has 0 radical (unpaired) electrons. The van der Waals surface area contributed by atoms with Crippen LogP contribution < -0.4 is 10.6 Å². The van der Waals surface area contributed by atoms with E-state index in [0.29, 0.717) is 17.9 Å². The van der Waals surface area contributed by atoms with Gasteiger partial charge in [-0.05, 0) is 39.0 Å². The predicted molar refractivity (Wildman–Crippen MR) is 85.6 cm³/mol. The topological polar surface area (TPSA) is 55.6 Å². The number of benzene rings is 1. The molecule has 1 aromatic rings. The van der Waals surface area contributed by atoms with Crippen molar-refractivity contribution in [2.45, 2.75) is 25.5 Å². The quantitative estimate of drug-likeness (QED) is 0.686. The Kier molecular flexibility index (Phi) is 4.48. The van der Waals surface area contributed by atoms with Crippen molar-refractivity contribution in [2.75, 3.05) is 36.1 Å². The van der Waals surface area contributed by atoms with Crippen LogP contribution in [0.1, 0.15) is 31.1 Å². The molecule has 2 rings (SSSR count). The number of thioether (sulfide) groups is 1. The molecule has 1 aliphatic heterocycles. The molecule has 1 heterocycles. The summed E-state index contributed by atoms with van der Waals surface area (Å²) in [4.78, 5) is 14.2. The van der Waals surface area contributed by atoms with Crippen LogP contribution in [0.25, 0.3) is 0 Å². The van der Waals surface area contributed by atoms with Gasteiger partial charge >= 0.3 is 5.97 Å². The Bertz CT molecular complexity index is 503. The van der Waals surface area contributed by atoms with Gasteiger partial charge in [0.15, 0.2) is 0 Å². The number of hydrogen-bond acceptors (Lipinski definition) is 5. The molecule has 0 unspecified atom stereocenters. The number of nitrogen functional groups attached to an aromatic ring is 1. The Labute approximate surface area is 124 Å². The number of anilines is 2. The lowest BCUT2D eigenvalue weighted by atomic mass is 10.1. The summed E-state index contributed by atoms with van der Waals surface area (Å²) in [5.41, 5.74) is 7.85. The van der Waals surface area contributed by atoms with E-state index in [9.17, 15) is 4.79 Å². The summed E-state index contributed by atoms with van der Waals surface area (Å²) in [6.07, 6.45) is 0. The Morgan fingerprint density at radius 2 is 2.25 bits per heavy atom. The molecule has 4 nitrogen and oxygen atoms in total. The lowest BCUT2D eigenvalue weighted by Gasteiger charge is -2.39. The summed E-state index contributed by atoms with van der Waals surface area (Å²) < 4.78 is 5.28. The van der Waals surface area contributed by atoms with Crippen molar-refractivity contribution < 1.29 is 9.53 Å². The van der Waals surface area contributed by atoms with E-state index in [1.807, 2.05) is 23.9 Å². The average Bonchev–Trinajstić information content (AvgIpc) is 2.38. The molecule has 2 N–H and O–H groups in total. The first-order chi connectivity index (χ1) is 9.43. The number of carbonyl (C=O) groups excluding carboxylic acids is 1. The van der Waals surface area contributed by atoms with Crippen LogP contribution in [0.5, 0.6) is 0 Å². The fourth-order valence-electron chi connectivity index (χ4n) is 2.36. The van der Waals surface area contributed by atoms with Gasteiger partial charge in [-0.2, -0.15) is 11.8 Å². The highest BCUT2D eigenvalue weighted by molar-refractivity contribution is 8.00. The third-order valence-electron chi connectivity index (χ3n) is 3.32. The lowest BCUT2D eigenvalue weighted by Crippen LogP contribution is -2.43. The minimum atomic E-state index is -0.350. The number of carbonyl (C=O) groups is 1. The minimum Gasteiger partial charge on any atom is -0.462 e. The number of hydrogen-bond donors (Lipinski definition) is 1. The fourth-order valence-corrected chi connectivity index (χ4v) is 3.47. The van der Waals surface area contributed by atoms with E-state index in [1.165, 1.54) is 0 Å². The highest BCUT2D eigenvalue weighted by Gasteiger charge is 2.27. The van der Waals surface area contributed by atoms with E-state index in [4.69, 9.17) is 10.5 Å². The Hall–Kier alpha value is -1.36. The van der Waals surface area contributed by atoms with E-state index < -0.39 is 0 Å². The molecule has 0 amide bonds. The Morgan fingerprint density at radius 3 is 2.90 bits per heavy atom. The van der Waals surface area contributed by atoms with Crippen LogP contribution in [0.3, 0.4) is 0 Å². The van der Waals surface area contributed by atoms with E-state index >= 15 is 0 Å². The van der Waals surface area contributed by atoms with Gasteiger partial charge < -0.3 is 15.4 Å². The van der Waals surface area contributed by atoms with E-state index in [1.54, 1.807) is 13.0 Å². The zero-order chi connectivity index (χ0) is 14.8. The summed E-state index contributed by atoms with van der Waals surface area (Å²) in [5, 5.41) is 0. The van der Waals surface area contributed by atoms with Gasteiger partial charge in [-0.25, -0.2) is 4.79 Å². The number of esters is 1. The summed E-state index contributed by atoms with van der Waals surface area (Å²) in [6, 6.07) is 5.61. The maximum atomic E-state index is 11.9. The monoisotopic (exact) mass is 294 g/mol. The van der Waals surface area contributed by atoms with Crippen LogP contribution in [0.4, 0.5) is 11.4 Å². The van der Waals surface area contributed by atoms with Crippen molar-refractivity contribution in [1.82, 2.24) is 0 Å². The second-order valence-corrected chi connectivity index (χ2v) is 7.32. The first-order valence-electron chi connectivity index (χ1n) is 6.88. The van der Waals surface area contributed by atoms with Crippen molar-refractivity contribution >= 4 is 29.1 Å². The Balaban J connectivity index is 2.25. The Morgan fingerprint density at radius 1 is 1.50 bits per heavy atom. The standard InChI is InChI=1S/C15H22N2O2S/c1-4-19-14(18)12-9-11(5-6-13(12)16)17-7-8-20-15(2,3)10-17/h5-6,9H,4,7-8,10,16H2,1-3H3. The minimum absolute atomic E-state index is 0.226. The van der Waals surface area contributed by atoms with Crippen LogP contribution in [0.15, 0.2) is 18.2 Å². The van der Waals surface area contributed by atoms with E-state index in [0.717, 1.165) is 24.5 Å². The second kappa shape index (κ2) is 5.95. The third kappa shape index (κ3) is 3.39. The second-order valence-electron chi connectivity index (χ2n) is 5.52. The van der Waals surface area contributed by atoms with Gasteiger partial charge in [0, 0.05) is 35.0 Å². The molecule has 0 saturated carbocycles. The maximum Gasteiger partial charge on any atom is 0.340 e. The van der Waals surface area contributed by atoms with Crippen molar-refractivity contribution in [3.63, 3.8) is 0 Å². The van der Waals surface area contributed by atoms with Gasteiger partial charge in [-0.15, -0.1) is 0 Å². The molecular weight excluding hydrogens is 272 g/mol. The first-order valence-corrected chi connectivity index (χ1v) is 7.87. The third-order valence-corrected chi connectivity index (χ3v) is 4.62. The van der Waals surface area contributed by atoms with Gasteiger partial charge in [0.05, 0.1) is 12.2 Å². The molecule has 1 fully saturated rings. The van der Waals surface area contributed by atoms with Gasteiger partial charge in [0.2, 0.25) is 0 Å². The SMILES string of the molecule is CCOC(=O)c1cc(N2CCSC(C)(C)C2)ccc1N. The van der Waals surface area contributed by atoms with Gasteiger partial charge in [0.25, 0.3) is 0 Å². The lowest BCUT2D eigenvalue weighted by molar-refractivity contribution is 0.0527. The van der Waals surface area contributed by atoms with Crippen molar-refractivity contribution in [2.24, 2.45) is 0 Å². The number of ether oxygens (including phenoxy) is 1. The molecule has 0 aliphatic carbocycles. The molecule has 0 spiro atoms. The molecule has 1 aliphatic rings. The van der Waals surface area contributed by atoms with Crippen LogP contribution in [-0.2, 0) is 4.74 Å². The zero-order valence-electron chi connectivity index (χ0n) is 12.3. The van der Waals surface area contributed by atoms with Crippen molar-refractivity contribution in [3.8, 4) is 0 Å². The molecule has 0 bridgehead atoms. The van der Waals surface area contributed by atoms with Gasteiger partial charge in [-0.3, -0.25) is 0 Å². The summed E-state index contributed by atoms with van der Waals surface area (Å²) in [6.45, 7) is 8.59. The fraction of sp³-hybridized carbons (Fsp3) is 0.533. The smallest absolute Gasteiger partial charge is 0.340 e. The van der Waals surface area contributed by atoms with Crippen molar-refractivity contribution in [1.29, 1.82) is 0 Å². The number of nitrogens with two attached hydrogens (primary N) is 1. The molecule has 0 atom stereocenters.